The second-order valence-corrected chi connectivity index (χ2v) is 5.06. The Labute approximate surface area is 143 Å². The maximum Gasteiger partial charge on any atom is 0.345 e. The highest BCUT2D eigenvalue weighted by molar-refractivity contribution is 6.32. The Balaban J connectivity index is 2.52. The number of carbonyl (C=O) groups is 2. The Bertz CT molecular complexity index is 800. The fourth-order valence-corrected chi connectivity index (χ4v) is 2.21. The van der Waals surface area contributed by atoms with Crippen LogP contribution in [0.25, 0.3) is 17.0 Å². The summed E-state index contributed by atoms with van der Waals surface area (Å²) >= 11 is 6.08. The molecule has 0 aliphatic carbocycles. The molecule has 0 aliphatic heterocycles. The summed E-state index contributed by atoms with van der Waals surface area (Å²) in [6, 6.07) is 5.65. The molecule has 0 radical (unpaired) electrons. The lowest BCUT2D eigenvalue weighted by Crippen LogP contribution is -2.18. The first-order valence-electron chi connectivity index (χ1n) is 7.28. The molecule has 0 unspecified atom stereocenters. The number of pyridine rings is 1. The van der Waals surface area contributed by atoms with Gasteiger partial charge in [-0.3, -0.25) is 0 Å². The van der Waals surface area contributed by atoms with Crippen molar-refractivity contribution >= 4 is 40.5 Å². The van der Waals surface area contributed by atoms with E-state index in [-0.39, 0.29) is 23.9 Å². The van der Waals surface area contributed by atoms with Crippen LogP contribution in [0.1, 0.15) is 19.4 Å². The minimum atomic E-state index is -0.814. The van der Waals surface area contributed by atoms with E-state index >= 15 is 0 Å². The second-order valence-electron chi connectivity index (χ2n) is 4.70. The summed E-state index contributed by atoms with van der Waals surface area (Å²) in [4.78, 5) is 28.0. The van der Waals surface area contributed by atoms with Gasteiger partial charge in [0.05, 0.1) is 18.7 Å². The zero-order valence-electron chi connectivity index (χ0n) is 13.1. The molecule has 1 aromatic carbocycles. The standard InChI is InChI=1S/C17H15ClFNO4/c1-3-23-16(21)13(17(22)24-4-2)8-11-7-10-5-6-12(19)9-14(10)20-15(11)18/h5-9H,3-4H2,1-2H3. The van der Waals surface area contributed by atoms with Gasteiger partial charge in [-0.1, -0.05) is 11.6 Å². The normalized spacial score (nSPS) is 10.3. The van der Waals surface area contributed by atoms with Crippen LogP contribution < -0.4 is 0 Å². The Hall–Kier alpha value is -2.47. The van der Waals surface area contributed by atoms with Crippen molar-refractivity contribution in [2.45, 2.75) is 13.8 Å². The third kappa shape index (κ3) is 4.08. The molecule has 0 amide bonds. The fraction of sp³-hybridized carbons (Fsp3) is 0.235. The van der Waals surface area contributed by atoms with Crippen molar-refractivity contribution in [3.05, 3.63) is 46.4 Å². The number of hydrogen-bond acceptors (Lipinski definition) is 5. The van der Waals surface area contributed by atoms with E-state index in [1.165, 1.54) is 24.3 Å². The number of ether oxygens (including phenoxy) is 2. The van der Waals surface area contributed by atoms with E-state index in [1.54, 1.807) is 19.9 Å². The molecule has 5 nitrogen and oxygen atoms in total. The lowest BCUT2D eigenvalue weighted by molar-refractivity contribution is -0.146. The van der Waals surface area contributed by atoms with Gasteiger partial charge in [-0.05, 0) is 38.1 Å². The average Bonchev–Trinajstić information content (AvgIpc) is 2.53. The smallest absolute Gasteiger partial charge is 0.345 e. The van der Waals surface area contributed by atoms with Crippen molar-refractivity contribution in [1.82, 2.24) is 4.98 Å². The molecule has 0 N–H and O–H groups in total. The molecule has 0 aliphatic rings. The molecular formula is C17H15ClFNO4. The first-order valence-corrected chi connectivity index (χ1v) is 7.65. The third-order valence-corrected chi connectivity index (χ3v) is 3.35. The van der Waals surface area contributed by atoms with Crippen LogP contribution in [-0.2, 0) is 19.1 Å². The fourth-order valence-electron chi connectivity index (χ4n) is 2.01. The van der Waals surface area contributed by atoms with Gasteiger partial charge >= 0.3 is 11.9 Å². The Kier molecular flexibility index (Phi) is 5.87. The summed E-state index contributed by atoms with van der Waals surface area (Å²) in [5.41, 5.74) is 0.404. The minimum Gasteiger partial charge on any atom is -0.462 e. The molecule has 2 aromatic rings. The van der Waals surface area contributed by atoms with Gasteiger partial charge in [-0.25, -0.2) is 19.0 Å². The molecule has 0 atom stereocenters. The highest BCUT2D eigenvalue weighted by Gasteiger charge is 2.21. The molecule has 0 saturated heterocycles. The van der Waals surface area contributed by atoms with E-state index in [2.05, 4.69) is 4.98 Å². The Morgan fingerprint density at radius 3 is 2.38 bits per heavy atom. The zero-order chi connectivity index (χ0) is 17.7. The second kappa shape index (κ2) is 7.88. The van der Waals surface area contributed by atoms with Crippen molar-refractivity contribution in [3.63, 3.8) is 0 Å². The van der Waals surface area contributed by atoms with E-state index in [9.17, 15) is 14.0 Å². The molecule has 0 bridgehead atoms. The van der Waals surface area contributed by atoms with Crippen LogP contribution in [0.2, 0.25) is 5.15 Å². The minimum absolute atomic E-state index is 0.0270. The van der Waals surface area contributed by atoms with Gasteiger partial charge in [-0.15, -0.1) is 0 Å². The number of halogens is 2. The maximum atomic E-state index is 13.2. The molecule has 1 heterocycles. The van der Waals surface area contributed by atoms with Crippen LogP contribution in [0.15, 0.2) is 29.8 Å². The van der Waals surface area contributed by atoms with Crippen LogP contribution in [0, 0.1) is 5.82 Å². The van der Waals surface area contributed by atoms with E-state index in [0.29, 0.717) is 16.5 Å². The molecule has 0 spiro atoms. The van der Waals surface area contributed by atoms with Crippen molar-refractivity contribution in [3.8, 4) is 0 Å². The van der Waals surface area contributed by atoms with Gasteiger partial charge in [0.15, 0.2) is 0 Å². The monoisotopic (exact) mass is 351 g/mol. The van der Waals surface area contributed by atoms with Crippen LogP contribution >= 0.6 is 11.6 Å². The summed E-state index contributed by atoms with van der Waals surface area (Å²) in [6.45, 7) is 3.47. The summed E-state index contributed by atoms with van der Waals surface area (Å²) in [5, 5.41) is 0.637. The van der Waals surface area contributed by atoms with Crippen molar-refractivity contribution in [2.24, 2.45) is 0 Å². The SMILES string of the molecule is CCOC(=O)C(=Cc1cc2ccc(F)cc2nc1Cl)C(=O)OCC. The van der Waals surface area contributed by atoms with Crippen LogP contribution in [-0.4, -0.2) is 30.1 Å². The topological polar surface area (TPSA) is 65.5 Å². The predicted octanol–water partition coefficient (Wildman–Crippen LogP) is 3.54. The van der Waals surface area contributed by atoms with Crippen LogP contribution in [0.5, 0.6) is 0 Å². The predicted molar refractivity (Wildman–Crippen MR) is 88.0 cm³/mol. The molecular weight excluding hydrogens is 337 g/mol. The van der Waals surface area contributed by atoms with E-state index in [1.807, 2.05) is 0 Å². The number of fused-ring (bicyclic) bond motifs is 1. The number of nitrogens with zero attached hydrogens (tertiary/aromatic N) is 1. The van der Waals surface area contributed by atoms with E-state index in [0.717, 1.165) is 0 Å². The highest BCUT2D eigenvalue weighted by atomic mass is 35.5. The molecule has 2 rings (SSSR count). The van der Waals surface area contributed by atoms with Crippen molar-refractivity contribution < 1.29 is 23.5 Å². The van der Waals surface area contributed by atoms with Crippen LogP contribution in [0.4, 0.5) is 4.39 Å². The highest BCUT2D eigenvalue weighted by Crippen LogP contribution is 2.24. The molecule has 0 fully saturated rings. The molecule has 1 aromatic heterocycles. The molecule has 7 heteroatoms. The van der Waals surface area contributed by atoms with E-state index < -0.39 is 17.8 Å². The van der Waals surface area contributed by atoms with Gasteiger partial charge in [0.1, 0.15) is 16.5 Å². The first-order chi connectivity index (χ1) is 11.5. The molecule has 126 valence electrons. The van der Waals surface area contributed by atoms with Crippen LogP contribution in [0.3, 0.4) is 0 Å². The maximum absolute atomic E-state index is 13.2. The van der Waals surface area contributed by atoms with Gasteiger partial charge < -0.3 is 9.47 Å². The number of hydrogen-bond donors (Lipinski definition) is 0. The zero-order valence-corrected chi connectivity index (χ0v) is 13.9. The number of benzene rings is 1. The number of carbonyl (C=O) groups excluding carboxylic acids is 2. The third-order valence-electron chi connectivity index (χ3n) is 3.05. The average molecular weight is 352 g/mol. The summed E-state index contributed by atoms with van der Waals surface area (Å²) < 4.78 is 23.0. The lowest BCUT2D eigenvalue weighted by atomic mass is 10.1. The molecule has 24 heavy (non-hydrogen) atoms. The van der Waals surface area contributed by atoms with Crippen molar-refractivity contribution in [1.29, 1.82) is 0 Å². The Morgan fingerprint density at radius 2 is 1.79 bits per heavy atom. The first kappa shape index (κ1) is 17.9. The van der Waals surface area contributed by atoms with Gasteiger partial charge in [0.25, 0.3) is 0 Å². The summed E-state index contributed by atoms with van der Waals surface area (Å²) in [7, 11) is 0. The molecule has 0 saturated carbocycles. The summed E-state index contributed by atoms with van der Waals surface area (Å²) in [5.74, 6) is -2.06. The van der Waals surface area contributed by atoms with Gasteiger partial charge in [0, 0.05) is 17.0 Å². The number of aromatic nitrogens is 1. The number of esters is 2. The van der Waals surface area contributed by atoms with Gasteiger partial charge in [0.2, 0.25) is 0 Å². The van der Waals surface area contributed by atoms with E-state index in [4.69, 9.17) is 21.1 Å². The quantitative estimate of drug-likeness (QED) is 0.271. The summed E-state index contributed by atoms with van der Waals surface area (Å²) in [6.07, 6.45) is 1.26. The number of rotatable bonds is 5. The van der Waals surface area contributed by atoms with Gasteiger partial charge in [-0.2, -0.15) is 0 Å². The largest absolute Gasteiger partial charge is 0.462 e. The lowest BCUT2D eigenvalue weighted by Gasteiger charge is -2.08. The Morgan fingerprint density at radius 1 is 1.17 bits per heavy atom. The van der Waals surface area contributed by atoms with Crippen molar-refractivity contribution in [2.75, 3.05) is 13.2 Å².